The van der Waals surface area contributed by atoms with Crippen LogP contribution in [-0.4, -0.2) is 68.5 Å². The zero-order valence-electron chi connectivity index (χ0n) is 15.6. The van der Waals surface area contributed by atoms with Gasteiger partial charge in [-0.3, -0.25) is 4.90 Å². The first kappa shape index (κ1) is 19.2. The first-order valence-electron chi connectivity index (χ1n) is 9.17. The summed E-state index contributed by atoms with van der Waals surface area (Å²) in [5, 5.41) is 10.3. The Morgan fingerprint density at radius 2 is 1.70 bits per heavy atom. The van der Waals surface area contributed by atoms with Crippen molar-refractivity contribution >= 4 is 11.7 Å². The highest BCUT2D eigenvalue weighted by molar-refractivity contribution is 5.89. The molecule has 0 aromatic heterocycles. The van der Waals surface area contributed by atoms with E-state index in [1.807, 2.05) is 6.07 Å². The Kier molecular flexibility index (Phi) is 6.68. The number of methoxy groups -OCH3 is 1. The molecule has 1 aliphatic rings. The van der Waals surface area contributed by atoms with Crippen molar-refractivity contribution < 1.29 is 19.4 Å². The lowest BCUT2D eigenvalue weighted by Gasteiger charge is -2.36. The van der Waals surface area contributed by atoms with Crippen molar-refractivity contribution in [2.45, 2.75) is 6.10 Å². The first-order valence-corrected chi connectivity index (χ1v) is 9.17. The second kappa shape index (κ2) is 9.39. The quantitative estimate of drug-likeness (QED) is 0.753. The van der Waals surface area contributed by atoms with E-state index in [1.165, 1.54) is 12.8 Å². The SMILES string of the molecule is COC(=O)c1ccc(OCC(O)CN2CCN(c3ccccc3)CC2)cc1. The Balaban J connectivity index is 1.40. The predicted molar refractivity (Wildman–Crippen MR) is 104 cm³/mol. The van der Waals surface area contributed by atoms with Crippen LogP contribution in [0.1, 0.15) is 10.4 Å². The van der Waals surface area contributed by atoms with Crippen LogP contribution in [0, 0.1) is 0 Å². The van der Waals surface area contributed by atoms with Crippen LogP contribution < -0.4 is 9.64 Å². The third kappa shape index (κ3) is 5.45. The third-order valence-electron chi connectivity index (χ3n) is 4.68. The molecular formula is C21H26N2O4. The van der Waals surface area contributed by atoms with Crippen molar-refractivity contribution in [3.8, 4) is 5.75 Å². The van der Waals surface area contributed by atoms with Crippen LogP contribution in [0.15, 0.2) is 54.6 Å². The van der Waals surface area contributed by atoms with Gasteiger partial charge >= 0.3 is 5.97 Å². The van der Waals surface area contributed by atoms with Crippen molar-refractivity contribution in [1.29, 1.82) is 0 Å². The zero-order chi connectivity index (χ0) is 19.1. The second-order valence-corrected chi connectivity index (χ2v) is 6.60. The molecule has 0 saturated carbocycles. The maximum atomic E-state index is 11.4. The van der Waals surface area contributed by atoms with E-state index in [4.69, 9.17) is 4.74 Å². The number of anilines is 1. The number of nitrogens with zero attached hydrogens (tertiary/aromatic N) is 2. The minimum atomic E-state index is -0.562. The number of esters is 1. The first-order chi connectivity index (χ1) is 13.2. The highest BCUT2D eigenvalue weighted by Crippen LogP contribution is 2.16. The van der Waals surface area contributed by atoms with E-state index in [0.717, 1.165) is 26.2 Å². The number of hydrogen-bond donors (Lipinski definition) is 1. The molecule has 1 unspecified atom stereocenters. The summed E-state index contributed by atoms with van der Waals surface area (Å²) >= 11 is 0. The Bertz CT molecular complexity index is 713. The molecule has 2 aromatic carbocycles. The van der Waals surface area contributed by atoms with E-state index in [1.54, 1.807) is 24.3 Å². The van der Waals surface area contributed by atoms with Gasteiger partial charge in [0.1, 0.15) is 18.5 Å². The van der Waals surface area contributed by atoms with Crippen molar-refractivity contribution in [2.24, 2.45) is 0 Å². The third-order valence-corrected chi connectivity index (χ3v) is 4.68. The number of carbonyl (C=O) groups excluding carboxylic acids is 1. The van der Waals surface area contributed by atoms with Crippen molar-refractivity contribution in [1.82, 2.24) is 4.90 Å². The molecule has 1 fully saturated rings. The number of benzene rings is 2. The van der Waals surface area contributed by atoms with Crippen LogP contribution in [0.5, 0.6) is 5.75 Å². The Hall–Kier alpha value is -2.57. The molecule has 0 amide bonds. The van der Waals surface area contributed by atoms with Gasteiger partial charge in [0, 0.05) is 38.4 Å². The summed E-state index contributed by atoms with van der Waals surface area (Å²) in [4.78, 5) is 16.0. The Labute approximate surface area is 159 Å². The summed E-state index contributed by atoms with van der Waals surface area (Å²) in [7, 11) is 1.35. The van der Waals surface area contributed by atoms with E-state index in [-0.39, 0.29) is 12.6 Å². The monoisotopic (exact) mass is 370 g/mol. The fourth-order valence-electron chi connectivity index (χ4n) is 3.18. The molecule has 0 radical (unpaired) electrons. The lowest BCUT2D eigenvalue weighted by atomic mass is 10.2. The fourth-order valence-corrected chi connectivity index (χ4v) is 3.18. The van der Waals surface area contributed by atoms with Gasteiger partial charge in [-0.2, -0.15) is 0 Å². The van der Waals surface area contributed by atoms with Crippen molar-refractivity contribution in [2.75, 3.05) is 51.3 Å². The molecule has 3 rings (SSSR count). The molecule has 6 heteroatoms. The number of ether oxygens (including phenoxy) is 2. The van der Waals surface area contributed by atoms with Gasteiger partial charge in [-0.05, 0) is 36.4 Å². The maximum absolute atomic E-state index is 11.4. The smallest absolute Gasteiger partial charge is 0.337 e. The summed E-state index contributed by atoms with van der Waals surface area (Å²) in [6.07, 6.45) is -0.562. The number of piperazine rings is 1. The van der Waals surface area contributed by atoms with E-state index in [2.05, 4.69) is 38.8 Å². The Morgan fingerprint density at radius 1 is 1.04 bits per heavy atom. The predicted octanol–water partition coefficient (Wildman–Crippen LogP) is 2.04. The van der Waals surface area contributed by atoms with Crippen LogP contribution in [-0.2, 0) is 4.74 Å². The number of rotatable bonds is 7. The topological polar surface area (TPSA) is 62.2 Å². The van der Waals surface area contributed by atoms with E-state index < -0.39 is 6.10 Å². The van der Waals surface area contributed by atoms with Gasteiger partial charge in [0.2, 0.25) is 0 Å². The van der Waals surface area contributed by atoms with Crippen molar-refractivity contribution in [3.63, 3.8) is 0 Å². The summed E-state index contributed by atoms with van der Waals surface area (Å²) in [5.74, 6) is 0.242. The highest BCUT2D eigenvalue weighted by Gasteiger charge is 2.19. The van der Waals surface area contributed by atoms with Gasteiger partial charge in [0.05, 0.1) is 12.7 Å². The summed E-state index contributed by atoms with van der Waals surface area (Å²) in [6, 6.07) is 17.1. The molecule has 0 spiro atoms. The van der Waals surface area contributed by atoms with E-state index in [9.17, 15) is 9.90 Å². The molecule has 0 aliphatic carbocycles. The largest absolute Gasteiger partial charge is 0.491 e. The van der Waals surface area contributed by atoms with Gasteiger partial charge in [0.15, 0.2) is 0 Å². The molecule has 1 saturated heterocycles. The van der Waals surface area contributed by atoms with Crippen LogP contribution in [0.4, 0.5) is 5.69 Å². The number of para-hydroxylation sites is 1. The maximum Gasteiger partial charge on any atom is 0.337 e. The fraction of sp³-hybridized carbons (Fsp3) is 0.381. The number of hydrogen-bond acceptors (Lipinski definition) is 6. The summed E-state index contributed by atoms with van der Waals surface area (Å²) < 4.78 is 10.3. The number of aliphatic hydroxyl groups excluding tert-OH is 1. The molecular weight excluding hydrogens is 344 g/mol. The number of carbonyl (C=O) groups is 1. The minimum Gasteiger partial charge on any atom is -0.491 e. The van der Waals surface area contributed by atoms with Crippen molar-refractivity contribution in [3.05, 3.63) is 60.2 Å². The highest BCUT2D eigenvalue weighted by atomic mass is 16.5. The van der Waals surface area contributed by atoms with Gasteiger partial charge in [-0.1, -0.05) is 18.2 Å². The van der Waals surface area contributed by atoms with Gasteiger partial charge < -0.3 is 19.5 Å². The van der Waals surface area contributed by atoms with E-state index >= 15 is 0 Å². The van der Waals surface area contributed by atoms with Crippen LogP contribution in [0.2, 0.25) is 0 Å². The zero-order valence-corrected chi connectivity index (χ0v) is 15.6. The molecule has 1 atom stereocenters. The standard InChI is InChI=1S/C21H26N2O4/c1-26-21(25)17-7-9-20(10-8-17)27-16-19(24)15-22-11-13-23(14-12-22)18-5-3-2-4-6-18/h2-10,19,24H,11-16H2,1H3. The van der Waals surface area contributed by atoms with Crippen LogP contribution in [0.3, 0.4) is 0 Å². The molecule has 1 N–H and O–H groups in total. The molecule has 0 bridgehead atoms. The average Bonchev–Trinajstić information content (AvgIpc) is 2.73. The van der Waals surface area contributed by atoms with Gasteiger partial charge in [-0.15, -0.1) is 0 Å². The van der Waals surface area contributed by atoms with Gasteiger partial charge in [0.25, 0.3) is 0 Å². The second-order valence-electron chi connectivity index (χ2n) is 6.60. The summed E-state index contributed by atoms with van der Waals surface area (Å²) in [5.41, 5.74) is 1.72. The molecule has 27 heavy (non-hydrogen) atoms. The normalized spacial score (nSPS) is 16.0. The molecule has 6 nitrogen and oxygen atoms in total. The molecule has 144 valence electrons. The lowest BCUT2D eigenvalue weighted by Crippen LogP contribution is -2.49. The number of aliphatic hydroxyl groups is 1. The number of β-amino-alcohol motifs (C(OH)–C–C–N with tert-alkyl or cyclic N) is 1. The Morgan fingerprint density at radius 3 is 2.33 bits per heavy atom. The summed E-state index contributed by atoms with van der Waals surface area (Å²) in [6.45, 7) is 4.54. The molecule has 2 aromatic rings. The average molecular weight is 370 g/mol. The molecule has 1 aliphatic heterocycles. The molecule has 1 heterocycles. The lowest BCUT2D eigenvalue weighted by molar-refractivity contribution is 0.0599. The van der Waals surface area contributed by atoms with Crippen LogP contribution >= 0.6 is 0 Å². The van der Waals surface area contributed by atoms with E-state index in [0.29, 0.717) is 17.9 Å². The minimum absolute atomic E-state index is 0.219. The van der Waals surface area contributed by atoms with Crippen LogP contribution in [0.25, 0.3) is 0 Å². The van der Waals surface area contributed by atoms with Gasteiger partial charge in [-0.25, -0.2) is 4.79 Å².